The lowest BCUT2D eigenvalue weighted by Gasteiger charge is -2.21. The van der Waals surface area contributed by atoms with Crippen LogP contribution in [0.1, 0.15) is 22.8 Å². The summed E-state index contributed by atoms with van der Waals surface area (Å²) in [5.74, 6) is 0.0155. The number of hydrogen-bond acceptors (Lipinski definition) is 3. The van der Waals surface area contributed by atoms with Crippen molar-refractivity contribution in [2.75, 3.05) is 12.3 Å². The highest BCUT2D eigenvalue weighted by molar-refractivity contribution is 5.94. The lowest BCUT2D eigenvalue weighted by atomic mass is 10.1. The number of pyridine rings is 1. The average molecular weight is 255 g/mol. The molecule has 0 unspecified atom stereocenters. The topological polar surface area (TPSA) is 59.2 Å². The fourth-order valence-corrected chi connectivity index (χ4v) is 1.85. The van der Waals surface area contributed by atoms with Crippen molar-refractivity contribution < 1.29 is 4.79 Å². The number of amides is 1. The number of carbonyl (C=O) groups excluding carboxylic acids is 1. The number of benzene rings is 1. The molecule has 1 aromatic carbocycles. The first kappa shape index (κ1) is 13.1. The van der Waals surface area contributed by atoms with Crippen LogP contribution in [-0.4, -0.2) is 22.3 Å². The van der Waals surface area contributed by atoms with Crippen LogP contribution in [-0.2, 0) is 6.54 Å². The third-order valence-corrected chi connectivity index (χ3v) is 2.95. The van der Waals surface area contributed by atoms with Crippen LogP contribution in [0.25, 0.3) is 0 Å². The van der Waals surface area contributed by atoms with Crippen molar-refractivity contribution in [3.8, 4) is 0 Å². The lowest BCUT2D eigenvalue weighted by molar-refractivity contribution is 0.0752. The fraction of sp³-hybridized carbons (Fsp3) is 0.200. The van der Waals surface area contributed by atoms with E-state index in [-0.39, 0.29) is 5.91 Å². The van der Waals surface area contributed by atoms with E-state index in [0.717, 1.165) is 11.3 Å². The minimum absolute atomic E-state index is 0.0155. The highest BCUT2D eigenvalue weighted by atomic mass is 16.2. The van der Waals surface area contributed by atoms with Gasteiger partial charge in [0.25, 0.3) is 5.91 Å². The predicted octanol–water partition coefficient (Wildman–Crippen LogP) is 2.33. The second-order valence-corrected chi connectivity index (χ2v) is 4.30. The summed E-state index contributed by atoms with van der Waals surface area (Å²) in [5, 5.41) is 0. The molecule has 0 bridgehead atoms. The van der Waals surface area contributed by atoms with Crippen LogP contribution in [0.2, 0.25) is 0 Å². The number of anilines is 1. The van der Waals surface area contributed by atoms with E-state index in [4.69, 9.17) is 5.73 Å². The average Bonchev–Trinajstić information content (AvgIpc) is 2.47. The van der Waals surface area contributed by atoms with Crippen molar-refractivity contribution in [1.82, 2.24) is 9.88 Å². The van der Waals surface area contributed by atoms with Crippen molar-refractivity contribution in [3.05, 3.63) is 59.9 Å². The van der Waals surface area contributed by atoms with Gasteiger partial charge in [0.15, 0.2) is 0 Å². The van der Waals surface area contributed by atoms with Crippen LogP contribution < -0.4 is 5.73 Å². The van der Waals surface area contributed by atoms with Gasteiger partial charge in [-0.1, -0.05) is 12.1 Å². The minimum Gasteiger partial charge on any atom is -0.399 e. The number of nitrogen functional groups attached to an aromatic ring is 1. The van der Waals surface area contributed by atoms with Gasteiger partial charge in [-0.25, -0.2) is 0 Å². The Bertz CT molecular complexity index is 537. The predicted molar refractivity (Wildman–Crippen MR) is 75.5 cm³/mol. The highest BCUT2D eigenvalue weighted by Crippen LogP contribution is 2.11. The van der Waals surface area contributed by atoms with Crippen LogP contribution in [0.4, 0.5) is 5.69 Å². The Labute approximate surface area is 112 Å². The van der Waals surface area contributed by atoms with Gasteiger partial charge in [-0.2, -0.15) is 0 Å². The molecular weight excluding hydrogens is 238 g/mol. The summed E-state index contributed by atoms with van der Waals surface area (Å²) in [6.07, 6.45) is 3.26. The summed E-state index contributed by atoms with van der Waals surface area (Å²) in [4.78, 5) is 18.0. The summed E-state index contributed by atoms with van der Waals surface area (Å²) >= 11 is 0. The monoisotopic (exact) mass is 255 g/mol. The van der Waals surface area contributed by atoms with Gasteiger partial charge in [0.1, 0.15) is 0 Å². The number of hydrogen-bond donors (Lipinski definition) is 1. The van der Waals surface area contributed by atoms with Crippen LogP contribution in [0.5, 0.6) is 0 Å². The molecule has 0 saturated carbocycles. The maximum Gasteiger partial charge on any atom is 0.254 e. The number of aromatic nitrogens is 1. The molecule has 2 aromatic rings. The van der Waals surface area contributed by atoms with E-state index in [1.165, 1.54) is 0 Å². The zero-order valence-electron chi connectivity index (χ0n) is 10.9. The van der Waals surface area contributed by atoms with E-state index in [1.54, 1.807) is 29.4 Å². The Kier molecular flexibility index (Phi) is 4.13. The minimum atomic E-state index is 0.0155. The largest absolute Gasteiger partial charge is 0.399 e. The number of nitrogens with two attached hydrogens (primary N) is 1. The summed E-state index contributed by atoms with van der Waals surface area (Å²) in [6.45, 7) is 3.21. The molecule has 0 atom stereocenters. The van der Waals surface area contributed by atoms with Gasteiger partial charge in [-0.15, -0.1) is 0 Å². The SMILES string of the molecule is CCN(Cc1ccc(N)cc1)C(=O)c1ccncc1. The van der Waals surface area contributed by atoms with Crippen LogP contribution >= 0.6 is 0 Å². The van der Waals surface area contributed by atoms with Crippen molar-refractivity contribution in [1.29, 1.82) is 0 Å². The van der Waals surface area contributed by atoms with Gasteiger partial charge >= 0.3 is 0 Å². The lowest BCUT2D eigenvalue weighted by Crippen LogP contribution is -2.30. The quantitative estimate of drug-likeness (QED) is 0.853. The third-order valence-electron chi connectivity index (χ3n) is 2.95. The van der Waals surface area contributed by atoms with Gasteiger partial charge in [-0.05, 0) is 36.8 Å². The Morgan fingerprint density at radius 1 is 1.16 bits per heavy atom. The molecule has 0 spiro atoms. The first-order chi connectivity index (χ1) is 9.20. The summed E-state index contributed by atoms with van der Waals surface area (Å²) in [5.41, 5.74) is 8.11. The second kappa shape index (κ2) is 6.00. The van der Waals surface area contributed by atoms with E-state index in [9.17, 15) is 4.79 Å². The maximum absolute atomic E-state index is 12.3. The Morgan fingerprint density at radius 3 is 2.37 bits per heavy atom. The van der Waals surface area contributed by atoms with Crippen molar-refractivity contribution in [2.24, 2.45) is 0 Å². The smallest absolute Gasteiger partial charge is 0.254 e. The van der Waals surface area contributed by atoms with E-state index in [0.29, 0.717) is 18.7 Å². The van der Waals surface area contributed by atoms with Gasteiger partial charge in [0.05, 0.1) is 0 Å². The van der Waals surface area contributed by atoms with Crippen LogP contribution in [0.15, 0.2) is 48.8 Å². The van der Waals surface area contributed by atoms with E-state index < -0.39 is 0 Å². The molecule has 1 heterocycles. The molecule has 4 heteroatoms. The Morgan fingerprint density at radius 2 is 1.79 bits per heavy atom. The highest BCUT2D eigenvalue weighted by Gasteiger charge is 2.13. The van der Waals surface area contributed by atoms with Gasteiger partial charge in [-0.3, -0.25) is 9.78 Å². The summed E-state index contributed by atoms with van der Waals surface area (Å²) in [6, 6.07) is 11.0. The molecule has 2 rings (SSSR count). The van der Waals surface area contributed by atoms with E-state index >= 15 is 0 Å². The zero-order valence-corrected chi connectivity index (χ0v) is 10.9. The number of carbonyl (C=O) groups is 1. The molecule has 2 N–H and O–H groups in total. The van der Waals surface area contributed by atoms with Gasteiger partial charge in [0, 0.05) is 36.7 Å². The van der Waals surface area contributed by atoms with Gasteiger partial charge in [0.2, 0.25) is 0 Å². The molecule has 98 valence electrons. The van der Waals surface area contributed by atoms with Crippen molar-refractivity contribution >= 4 is 11.6 Å². The summed E-state index contributed by atoms with van der Waals surface area (Å²) < 4.78 is 0. The van der Waals surface area contributed by atoms with Gasteiger partial charge < -0.3 is 10.6 Å². The molecule has 0 aliphatic heterocycles. The van der Waals surface area contributed by atoms with Crippen molar-refractivity contribution in [2.45, 2.75) is 13.5 Å². The fourth-order valence-electron chi connectivity index (χ4n) is 1.85. The molecular formula is C15H17N3O. The molecule has 1 aromatic heterocycles. The molecule has 0 aliphatic carbocycles. The molecule has 0 radical (unpaired) electrons. The molecule has 0 saturated heterocycles. The Balaban J connectivity index is 2.12. The molecule has 4 nitrogen and oxygen atoms in total. The summed E-state index contributed by atoms with van der Waals surface area (Å²) in [7, 11) is 0. The molecule has 0 fully saturated rings. The van der Waals surface area contributed by atoms with E-state index in [2.05, 4.69) is 4.98 Å². The van der Waals surface area contributed by atoms with Crippen LogP contribution in [0, 0.1) is 0 Å². The number of rotatable bonds is 4. The first-order valence-electron chi connectivity index (χ1n) is 6.24. The Hall–Kier alpha value is -2.36. The molecule has 19 heavy (non-hydrogen) atoms. The second-order valence-electron chi connectivity index (χ2n) is 4.30. The maximum atomic E-state index is 12.3. The zero-order chi connectivity index (χ0) is 13.7. The molecule has 0 aliphatic rings. The molecule has 1 amide bonds. The number of nitrogens with zero attached hydrogens (tertiary/aromatic N) is 2. The first-order valence-corrected chi connectivity index (χ1v) is 6.24. The standard InChI is InChI=1S/C15H17N3O/c1-2-18(11-12-3-5-14(16)6-4-12)15(19)13-7-9-17-10-8-13/h3-10H,2,11,16H2,1H3. The van der Waals surface area contributed by atoms with Crippen LogP contribution in [0.3, 0.4) is 0 Å². The third kappa shape index (κ3) is 3.31. The normalized spacial score (nSPS) is 10.2. The van der Waals surface area contributed by atoms with Crippen molar-refractivity contribution in [3.63, 3.8) is 0 Å². The van der Waals surface area contributed by atoms with E-state index in [1.807, 2.05) is 31.2 Å².